The minimum atomic E-state index is -0.285. The van der Waals surface area contributed by atoms with E-state index >= 15 is 0 Å². The first-order valence-corrected chi connectivity index (χ1v) is 9.53. The summed E-state index contributed by atoms with van der Waals surface area (Å²) in [6, 6.07) is 10.4. The Bertz CT molecular complexity index is 786. The summed E-state index contributed by atoms with van der Waals surface area (Å²) in [6.45, 7) is 2.81. The Kier molecular flexibility index (Phi) is 8.49. The molecule has 1 N–H and O–H groups in total. The highest BCUT2D eigenvalue weighted by Crippen LogP contribution is 2.29. The van der Waals surface area contributed by atoms with Gasteiger partial charge in [0.05, 0.1) is 13.7 Å². The van der Waals surface area contributed by atoms with Gasteiger partial charge in [-0.1, -0.05) is 49.0 Å². The molecule has 144 valence electrons. The first-order chi connectivity index (χ1) is 13.0. The summed E-state index contributed by atoms with van der Waals surface area (Å²) in [4.78, 5) is 12.1. The average Bonchev–Trinajstić information content (AvgIpc) is 2.63. The van der Waals surface area contributed by atoms with Gasteiger partial charge in [-0.2, -0.15) is 0 Å². The second-order valence-electron chi connectivity index (χ2n) is 5.95. The number of benzene rings is 2. The first-order valence-electron chi connectivity index (χ1n) is 8.78. The van der Waals surface area contributed by atoms with Crippen LogP contribution in [-0.4, -0.2) is 19.6 Å². The number of carbonyl (C=O) groups excluding carboxylic acids is 1. The molecule has 0 atom stereocenters. The fourth-order valence-corrected chi connectivity index (χ4v) is 2.95. The lowest BCUT2D eigenvalue weighted by Crippen LogP contribution is -2.07. The molecule has 2 rings (SSSR count). The van der Waals surface area contributed by atoms with Gasteiger partial charge in [-0.05, 0) is 48.4 Å². The molecule has 0 saturated heterocycles. The van der Waals surface area contributed by atoms with Gasteiger partial charge in [-0.25, -0.2) is 0 Å². The Hall–Kier alpha value is -2.17. The van der Waals surface area contributed by atoms with Crippen LogP contribution in [-0.2, 0) is 4.79 Å². The van der Waals surface area contributed by atoms with E-state index < -0.39 is 0 Å². The third-order valence-corrected chi connectivity index (χ3v) is 4.19. The molecular formula is C21H23Cl2NO3. The first kappa shape index (κ1) is 21.1. The predicted molar refractivity (Wildman–Crippen MR) is 112 cm³/mol. The number of methoxy groups -OCH3 is 1. The number of carbonyl (C=O) groups is 1. The molecule has 2 aromatic carbocycles. The van der Waals surface area contributed by atoms with Gasteiger partial charge in [0.25, 0.3) is 0 Å². The Labute approximate surface area is 170 Å². The normalized spacial score (nSPS) is 10.8. The number of halogens is 2. The van der Waals surface area contributed by atoms with Crippen LogP contribution in [0.5, 0.6) is 11.5 Å². The summed E-state index contributed by atoms with van der Waals surface area (Å²) >= 11 is 11.9. The number of amides is 1. The van der Waals surface area contributed by atoms with Crippen LogP contribution >= 0.6 is 23.2 Å². The molecule has 0 aromatic heterocycles. The van der Waals surface area contributed by atoms with E-state index in [1.807, 2.05) is 18.2 Å². The number of hydrogen-bond acceptors (Lipinski definition) is 3. The Morgan fingerprint density at radius 1 is 1.07 bits per heavy atom. The Morgan fingerprint density at radius 2 is 1.81 bits per heavy atom. The van der Waals surface area contributed by atoms with Crippen molar-refractivity contribution in [1.82, 2.24) is 0 Å². The lowest BCUT2D eigenvalue weighted by atomic mass is 10.2. The number of anilines is 1. The SMILES string of the molecule is CCCCCOc1ccc(/C=C/C(=O)Nc2cc(Cl)cc(Cl)c2)cc1OC. The molecule has 0 bridgehead atoms. The lowest BCUT2D eigenvalue weighted by molar-refractivity contribution is -0.111. The Morgan fingerprint density at radius 3 is 2.48 bits per heavy atom. The van der Waals surface area contributed by atoms with Crippen molar-refractivity contribution < 1.29 is 14.3 Å². The zero-order valence-corrected chi connectivity index (χ0v) is 16.9. The molecule has 0 aliphatic carbocycles. The molecule has 6 heteroatoms. The van der Waals surface area contributed by atoms with Crippen LogP contribution in [0.15, 0.2) is 42.5 Å². The van der Waals surface area contributed by atoms with Gasteiger partial charge >= 0.3 is 0 Å². The van der Waals surface area contributed by atoms with Gasteiger partial charge < -0.3 is 14.8 Å². The molecule has 0 fully saturated rings. The molecule has 0 aliphatic rings. The number of rotatable bonds is 9. The van der Waals surface area contributed by atoms with Crippen LogP contribution in [0.2, 0.25) is 10.0 Å². The number of ether oxygens (including phenoxy) is 2. The molecule has 27 heavy (non-hydrogen) atoms. The largest absolute Gasteiger partial charge is 0.493 e. The van der Waals surface area contributed by atoms with Gasteiger partial charge in [0.15, 0.2) is 11.5 Å². The Balaban J connectivity index is 1.99. The van der Waals surface area contributed by atoms with E-state index in [0.29, 0.717) is 33.8 Å². The standard InChI is InChI=1S/C21H23Cl2NO3/c1-3-4-5-10-27-19-8-6-15(11-20(19)26-2)7-9-21(25)24-18-13-16(22)12-17(23)14-18/h6-9,11-14H,3-5,10H2,1-2H3,(H,24,25)/b9-7+. The van der Waals surface area contributed by atoms with Gasteiger partial charge in [-0.15, -0.1) is 0 Å². The van der Waals surface area contributed by atoms with Crippen molar-refractivity contribution in [2.45, 2.75) is 26.2 Å². The van der Waals surface area contributed by atoms with Crippen LogP contribution in [0.4, 0.5) is 5.69 Å². The third kappa shape index (κ3) is 7.16. The lowest BCUT2D eigenvalue weighted by Gasteiger charge is -2.11. The predicted octanol–water partition coefficient (Wildman–Crippen LogP) is 6.22. The van der Waals surface area contributed by atoms with Crippen LogP contribution in [0, 0.1) is 0 Å². The molecule has 0 spiro atoms. The van der Waals surface area contributed by atoms with Crippen LogP contribution in [0.1, 0.15) is 31.7 Å². The van der Waals surface area contributed by atoms with E-state index in [4.69, 9.17) is 32.7 Å². The van der Waals surface area contributed by atoms with Crippen molar-refractivity contribution in [3.8, 4) is 11.5 Å². The van der Waals surface area contributed by atoms with Gasteiger partial charge in [0.2, 0.25) is 5.91 Å². The van der Waals surface area contributed by atoms with Crippen molar-refractivity contribution >= 4 is 40.9 Å². The molecule has 0 aliphatic heterocycles. The van der Waals surface area contributed by atoms with Crippen molar-refractivity contribution in [2.75, 3.05) is 19.0 Å². The second-order valence-corrected chi connectivity index (χ2v) is 6.82. The average molecular weight is 408 g/mol. The number of nitrogens with one attached hydrogen (secondary N) is 1. The van der Waals surface area contributed by atoms with Crippen LogP contribution in [0.3, 0.4) is 0 Å². The number of hydrogen-bond donors (Lipinski definition) is 1. The second kappa shape index (κ2) is 10.9. The smallest absolute Gasteiger partial charge is 0.248 e. The zero-order valence-electron chi connectivity index (χ0n) is 15.4. The summed E-state index contributed by atoms with van der Waals surface area (Å²) in [5.41, 5.74) is 1.36. The van der Waals surface area contributed by atoms with Crippen LogP contribution in [0.25, 0.3) is 6.08 Å². The van der Waals surface area contributed by atoms with Gasteiger partial charge in [0, 0.05) is 21.8 Å². The van der Waals surface area contributed by atoms with E-state index in [0.717, 1.165) is 24.8 Å². The minimum absolute atomic E-state index is 0.285. The van der Waals surface area contributed by atoms with Gasteiger partial charge in [0.1, 0.15) is 0 Å². The third-order valence-electron chi connectivity index (χ3n) is 3.75. The molecule has 2 aromatic rings. The van der Waals surface area contributed by atoms with Crippen molar-refractivity contribution in [1.29, 1.82) is 0 Å². The van der Waals surface area contributed by atoms with Crippen LogP contribution < -0.4 is 14.8 Å². The molecule has 1 amide bonds. The summed E-state index contributed by atoms with van der Waals surface area (Å²) in [6.07, 6.45) is 6.43. The van der Waals surface area contributed by atoms with E-state index in [1.54, 1.807) is 31.4 Å². The molecule has 0 saturated carbocycles. The zero-order chi connectivity index (χ0) is 19.6. The van der Waals surface area contributed by atoms with Gasteiger partial charge in [-0.3, -0.25) is 4.79 Å². The van der Waals surface area contributed by atoms with Crippen molar-refractivity contribution in [2.24, 2.45) is 0 Å². The summed E-state index contributed by atoms with van der Waals surface area (Å²) in [7, 11) is 1.59. The van der Waals surface area contributed by atoms with E-state index in [2.05, 4.69) is 12.2 Å². The minimum Gasteiger partial charge on any atom is -0.493 e. The maximum Gasteiger partial charge on any atom is 0.248 e. The summed E-state index contributed by atoms with van der Waals surface area (Å²) in [5.74, 6) is 1.05. The van der Waals surface area contributed by atoms with E-state index in [9.17, 15) is 4.79 Å². The topological polar surface area (TPSA) is 47.6 Å². The molecule has 0 radical (unpaired) electrons. The highest BCUT2D eigenvalue weighted by Gasteiger charge is 2.06. The highest BCUT2D eigenvalue weighted by atomic mass is 35.5. The van der Waals surface area contributed by atoms with E-state index in [1.165, 1.54) is 6.08 Å². The fourth-order valence-electron chi connectivity index (χ4n) is 2.42. The molecular weight excluding hydrogens is 385 g/mol. The summed E-state index contributed by atoms with van der Waals surface area (Å²) in [5, 5.41) is 3.64. The maximum absolute atomic E-state index is 12.1. The highest BCUT2D eigenvalue weighted by molar-refractivity contribution is 6.35. The monoisotopic (exact) mass is 407 g/mol. The van der Waals surface area contributed by atoms with Crippen molar-refractivity contribution in [3.63, 3.8) is 0 Å². The molecule has 0 unspecified atom stereocenters. The van der Waals surface area contributed by atoms with Crippen molar-refractivity contribution in [3.05, 3.63) is 58.1 Å². The quantitative estimate of drug-likeness (QED) is 0.396. The number of unbranched alkanes of at least 4 members (excludes halogenated alkanes) is 2. The molecule has 0 heterocycles. The summed E-state index contributed by atoms with van der Waals surface area (Å²) < 4.78 is 11.1. The fraction of sp³-hybridized carbons (Fsp3) is 0.286. The molecule has 4 nitrogen and oxygen atoms in total. The van der Waals surface area contributed by atoms with E-state index in [-0.39, 0.29) is 5.91 Å². The maximum atomic E-state index is 12.1.